The van der Waals surface area contributed by atoms with Crippen molar-refractivity contribution in [1.29, 1.82) is 0 Å². The minimum atomic E-state index is -0.808. The Morgan fingerprint density at radius 1 is 1.56 bits per heavy atom. The van der Waals surface area contributed by atoms with E-state index in [1.807, 2.05) is 0 Å². The highest BCUT2D eigenvalue weighted by molar-refractivity contribution is 7.99. The fraction of sp³-hybridized carbons (Fsp3) is 0.818. The average molecular weight is 245 g/mol. The maximum absolute atomic E-state index is 11.6. The van der Waals surface area contributed by atoms with E-state index in [1.165, 1.54) is 11.8 Å². The first-order valence-corrected chi connectivity index (χ1v) is 6.72. The summed E-state index contributed by atoms with van der Waals surface area (Å²) >= 11 is 1.33. The van der Waals surface area contributed by atoms with Crippen molar-refractivity contribution in [3.8, 4) is 0 Å². The summed E-state index contributed by atoms with van der Waals surface area (Å²) in [4.78, 5) is 21.9. The zero-order valence-corrected chi connectivity index (χ0v) is 10.6. The Kier molecular flexibility index (Phi) is 4.65. The van der Waals surface area contributed by atoms with Crippen LogP contribution < -0.4 is 5.32 Å². The van der Waals surface area contributed by atoms with Gasteiger partial charge in [-0.3, -0.25) is 9.59 Å². The number of thioether (sulfide) groups is 1. The number of hydrogen-bond acceptors (Lipinski definition) is 3. The molecule has 2 N–H and O–H groups in total. The van der Waals surface area contributed by atoms with Gasteiger partial charge >= 0.3 is 5.97 Å². The molecule has 1 fully saturated rings. The molecule has 0 aliphatic heterocycles. The summed E-state index contributed by atoms with van der Waals surface area (Å²) < 4.78 is 0. The third-order valence-corrected chi connectivity index (χ3v) is 4.19. The maximum Gasteiger partial charge on any atom is 0.313 e. The molecule has 0 radical (unpaired) electrons. The molecule has 2 unspecified atom stereocenters. The highest BCUT2D eigenvalue weighted by Gasteiger charge is 2.52. The fourth-order valence-corrected chi connectivity index (χ4v) is 2.30. The molecule has 1 aliphatic rings. The van der Waals surface area contributed by atoms with Gasteiger partial charge in [0.25, 0.3) is 0 Å². The normalized spacial score (nSPS) is 27.5. The van der Waals surface area contributed by atoms with Crippen LogP contribution in [0.3, 0.4) is 0 Å². The number of carboxylic acid groups (broad SMARTS) is 1. The van der Waals surface area contributed by atoms with Gasteiger partial charge in [-0.15, -0.1) is 11.8 Å². The summed E-state index contributed by atoms with van der Waals surface area (Å²) in [6, 6.07) is 0. The molecule has 0 aromatic carbocycles. The number of aliphatic carboxylic acids is 1. The highest BCUT2D eigenvalue weighted by atomic mass is 32.2. The maximum atomic E-state index is 11.6. The fourth-order valence-electron chi connectivity index (χ4n) is 1.74. The summed E-state index contributed by atoms with van der Waals surface area (Å²) in [6.07, 6.45) is 2.02. The minimum Gasteiger partial charge on any atom is -0.481 e. The van der Waals surface area contributed by atoms with Gasteiger partial charge in [0.1, 0.15) is 0 Å². The second kappa shape index (κ2) is 5.57. The van der Waals surface area contributed by atoms with E-state index in [0.717, 1.165) is 12.8 Å². The van der Waals surface area contributed by atoms with Crippen molar-refractivity contribution in [1.82, 2.24) is 5.32 Å². The van der Waals surface area contributed by atoms with Crippen molar-refractivity contribution >= 4 is 23.6 Å². The molecule has 16 heavy (non-hydrogen) atoms. The lowest BCUT2D eigenvalue weighted by Gasteiger charge is -2.08. The third kappa shape index (κ3) is 3.70. The molecule has 0 aromatic rings. The first kappa shape index (κ1) is 13.4. The van der Waals surface area contributed by atoms with Gasteiger partial charge in [-0.05, 0) is 18.3 Å². The minimum absolute atomic E-state index is 0.103. The Labute approximate surface area is 100 Å². The largest absolute Gasteiger partial charge is 0.481 e. The van der Waals surface area contributed by atoms with E-state index < -0.39 is 5.97 Å². The molecule has 4 nitrogen and oxygen atoms in total. The van der Waals surface area contributed by atoms with Crippen LogP contribution in [0, 0.1) is 11.3 Å². The standard InChI is InChI=1S/C11H19NO3S/c1-3-11(2)6-8(11)10(15)12-4-5-16-7-9(13)14/h8H,3-7H2,1-2H3,(H,12,15)(H,13,14). The topological polar surface area (TPSA) is 66.4 Å². The molecule has 1 aliphatic carbocycles. The monoisotopic (exact) mass is 245 g/mol. The first-order chi connectivity index (χ1) is 7.49. The van der Waals surface area contributed by atoms with Crippen LogP contribution >= 0.6 is 11.8 Å². The van der Waals surface area contributed by atoms with Gasteiger partial charge in [0.2, 0.25) is 5.91 Å². The van der Waals surface area contributed by atoms with Crippen LogP contribution in [0.4, 0.5) is 0 Å². The molecule has 0 saturated heterocycles. The molecular weight excluding hydrogens is 226 g/mol. The van der Waals surface area contributed by atoms with Gasteiger partial charge in [-0.2, -0.15) is 0 Å². The van der Waals surface area contributed by atoms with Crippen LogP contribution in [-0.4, -0.2) is 35.0 Å². The van der Waals surface area contributed by atoms with Gasteiger partial charge in [-0.25, -0.2) is 0 Å². The van der Waals surface area contributed by atoms with Crippen LogP contribution in [0.5, 0.6) is 0 Å². The summed E-state index contributed by atoms with van der Waals surface area (Å²) in [7, 11) is 0. The Bertz CT molecular complexity index is 282. The number of rotatable bonds is 7. The van der Waals surface area contributed by atoms with Crippen LogP contribution in [0.2, 0.25) is 0 Å². The molecule has 0 spiro atoms. The van der Waals surface area contributed by atoms with Crippen LogP contribution in [0.15, 0.2) is 0 Å². The lowest BCUT2D eigenvalue weighted by Crippen LogP contribution is -2.29. The summed E-state index contributed by atoms with van der Waals surface area (Å²) in [5.74, 6) is 0.249. The zero-order valence-electron chi connectivity index (χ0n) is 9.78. The van der Waals surface area contributed by atoms with Crippen LogP contribution in [0.1, 0.15) is 26.7 Å². The van der Waals surface area contributed by atoms with E-state index in [0.29, 0.717) is 12.3 Å². The van der Waals surface area contributed by atoms with Crippen molar-refractivity contribution < 1.29 is 14.7 Å². The molecule has 2 atom stereocenters. The number of carboxylic acids is 1. The van der Waals surface area contributed by atoms with Crippen LogP contribution in [0.25, 0.3) is 0 Å². The number of hydrogen-bond donors (Lipinski definition) is 2. The third-order valence-electron chi connectivity index (χ3n) is 3.25. The number of carbonyl (C=O) groups is 2. The molecule has 0 aromatic heterocycles. The van der Waals surface area contributed by atoms with Crippen molar-refractivity contribution in [2.45, 2.75) is 26.7 Å². The van der Waals surface area contributed by atoms with E-state index in [-0.39, 0.29) is 23.0 Å². The molecule has 92 valence electrons. The van der Waals surface area contributed by atoms with Crippen LogP contribution in [-0.2, 0) is 9.59 Å². The molecule has 0 heterocycles. The number of amides is 1. The second-order valence-corrected chi connectivity index (χ2v) is 5.61. The predicted molar refractivity (Wildman–Crippen MR) is 64.5 cm³/mol. The van der Waals surface area contributed by atoms with E-state index in [9.17, 15) is 9.59 Å². The number of nitrogens with one attached hydrogen (secondary N) is 1. The zero-order chi connectivity index (χ0) is 12.2. The molecule has 1 saturated carbocycles. The molecule has 5 heteroatoms. The average Bonchev–Trinajstić information content (AvgIpc) is 2.91. The van der Waals surface area contributed by atoms with Crippen molar-refractivity contribution in [2.75, 3.05) is 18.1 Å². The predicted octanol–water partition coefficient (Wildman–Crippen LogP) is 1.36. The van der Waals surface area contributed by atoms with Gasteiger partial charge in [0, 0.05) is 18.2 Å². The molecule has 0 bridgehead atoms. The summed E-state index contributed by atoms with van der Waals surface area (Å²) in [5.41, 5.74) is 0.207. The SMILES string of the molecule is CCC1(C)CC1C(=O)NCCSCC(=O)O. The van der Waals surface area contributed by atoms with Gasteiger partial charge < -0.3 is 10.4 Å². The Hall–Kier alpha value is -0.710. The quantitative estimate of drug-likeness (QED) is 0.665. The summed E-state index contributed by atoms with van der Waals surface area (Å²) in [6.45, 7) is 4.81. The Morgan fingerprint density at radius 2 is 2.25 bits per heavy atom. The smallest absolute Gasteiger partial charge is 0.313 e. The van der Waals surface area contributed by atoms with Crippen molar-refractivity contribution in [3.63, 3.8) is 0 Å². The second-order valence-electron chi connectivity index (χ2n) is 4.50. The van der Waals surface area contributed by atoms with Gasteiger partial charge in [0.05, 0.1) is 5.75 Å². The van der Waals surface area contributed by atoms with Crippen molar-refractivity contribution in [2.24, 2.45) is 11.3 Å². The summed E-state index contributed by atoms with van der Waals surface area (Å²) in [5, 5.41) is 11.3. The highest BCUT2D eigenvalue weighted by Crippen LogP contribution is 2.54. The number of carbonyl (C=O) groups excluding carboxylic acids is 1. The molecular formula is C11H19NO3S. The lowest BCUT2D eigenvalue weighted by atomic mass is 10.0. The van der Waals surface area contributed by atoms with Gasteiger partial charge in [0.15, 0.2) is 0 Å². The van der Waals surface area contributed by atoms with E-state index >= 15 is 0 Å². The van der Waals surface area contributed by atoms with Crippen molar-refractivity contribution in [3.05, 3.63) is 0 Å². The molecule has 1 rings (SSSR count). The Balaban J connectivity index is 2.06. The van der Waals surface area contributed by atoms with E-state index in [4.69, 9.17) is 5.11 Å². The Morgan fingerprint density at radius 3 is 2.75 bits per heavy atom. The van der Waals surface area contributed by atoms with E-state index in [1.54, 1.807) is 0 Å². The first-order valence-electron chi connectivity index (χ1n) is 5.57. The lowest BCUT2D eigenvalue weighted by molar-refractivity contribution is -0.133. The van der Waals surface area contributed by atoms with E-state index in [2.05, 4.69) is 19.2 Å². The van der Waals surface area contributed by atoms with Gasteiger partial charge in [-0.1, -0.05) is 13.8 Å². The molecule has 1 amide bonds.